The van der Waals surface area contributed by atoms with Crippen LogP contribution in [0, 0.1) is 0 Å². The Labute approximate surface area is 110 Å². The van der Waals surface area contributed by atoms with E-state index in [9.17, 15) is 13.2 Å². The number of nitrogens with two attached hydrogens (primary N) is 1. The van der Waals surface area contributed by atoms with Crippen LogP contribution >= 0.6 is 0 Å². The third kappa shape index (κ3) is 4.10. The third-order valence-corrected chi connectivity index (χ3v) is 3.57. The summed E-state index contributed by atoms with van der Waals surface area (Å²) in [5.41, 5.74) is 4.81. The number of nitrogens with one attached hydrogen (secondary N) is 2. The van der Waals surface area contributed by atoms with E-state index in [1.807, 2.05) is 0 Å². The number of methoxy groups -OCH3 is 1. The predicted molar refractivity (Wildman–Crippen MR) is 67.8 cm³/mol. The lowest BCUT2D eigenvalue weighted by Crippen LogP contribution is -2.42. The van der Waals surface area contributed by atoms with Crippen LogP contribution in [0.3, 0.4) is 0 Å². The molecular weight excluding hydrogens is 276 g/mol. The van der Waals surface area contributed by atoms with Gasteiger partial charge in [0.1, 0.15) is 12.7 Å². The highest BCUT2D eigenvalue weighted by Crippen LogP contribution is 2.13. The SMILES string of the molecule is C/N=C\C(=C1/NCC(OC)CO1)S(=O)(=O)NC(N)=O. The van der Waals surface area contributed by atoms with E-state index in [1.54, 1.807) is 4.72 Å². The Bertz CT molecular complexity index is 489. The van der Waals surface area contributed by atoms with E-state index in [1.165, 1.54) is 14.2 Å². The Hall–Kier alpha value is -1.81. The van der Waals surface area contributed by atoms with Gasteiger partial charge in [0.05, 0.1) is 0 Å². The van der Waals surface area contributed by atoms with Gasteiger partial charge < -0.3 is 20.5 Å². The number of sulfonamides is 1. The maximum atomic E-state index is 11.9. The minimum Gasteiger partial charge on any atom is -0.475 e. The number of urea groups is 1. The molecule has 1 fully saturated rings. The monoisotopic (exact) mass is 292 g/mol. The molecule has 1 aliphatic heterocycles. The second-order valence-electron chi connectivity index (χ2n) is 3.60. The summed E-state index contributed by atoms with van der Waals surface area (Å²) in [6.45, 7) is 0.560. The molecule has 0 spiro atoms. The Kier molecular flexibility index (Phi) is 5.12. The molecule has 19 heavy (non-hydrogen) atoms. The zero-order chi connectivity index (χ0) is 14.5. The number of primary amides is 1. The molecule has 0 aliphatic carbocycles. The fraction of sp³-hybridized carbons (Fsp3) is 0.556. The van der Waals surface area contributed by atoms with E-state index in [0.29, 0.717) is 6.54 Å². The lowest BCUT2D eigenvalue weighted by Gasteiger charge is -2.26. The number of amides is 2. The first-order chi connectivity index (χ1) is 8.90. The van der Waals surface area contributed by atoms with Crippen LogP contribution in [0.1, 0.15) is 0 Å². The van der Waals surface area contributed by atoms with Gasteiger partial charge >= 0.3 is 6.03 Å². The van der Waals surface area contributed by atoms with Gasteiger partial charge in [0, 0.05) is 26.9 Å². The van der Waals surface area contributed by atoms with Crippen molar-refractivity contribution >= 4 is 22.3 Å². The van der Waals surface area contributed by atoms with Crippen LogP contribution in [0.15, 0.2) is 15.8 Å². The molecule has 1 aliphatic rings. The molecule has 1 heterocycles. The van der Waals surface area contributed by atoms with Crippen molar-refractivity contribution in [2.45, 2.75) is 6.10 Å². The largest absolute Gasteiger partial charge is 0.475 e. The van der Waals surface area contributed by atoms with E-state index in [0.717, 1.165) is 6.21 Å². The Morgan fingerprint density at radius 2 is 2.37 bits per heavy atom. The summed E-state index contributed by atoms with van der Waals surface area (Å²) in [6, 6.07) is -1.19. The molecule has 0 bridgehead atoms. The number of hydrogen-bond donors (Lipinski definition) is 3. The van der Waals surface area contributed by atoms with Gasteiger partial charge in [0.2, 0.25) is 5.88 Å². The highest BCUT2D eigenvalue weighted by atomic mass is 32.2. The number of hydrogen-bond acceptors (Lipinski definition) is 7. The van der Waals surface area contributed by atoms with Crippen molar-refractivity contribution in [3.8, 4) is 0 Å². The Morgan fingerprint density at radius 3 is 2.79 bits per heavy atom. The van der Waals surface area contributed by atoms with E-state index in [-0.39, 0.29) is 23.5 Å². The zero-order valence-corrected chi connectivity index (χ0v) is 11.4. The molecule has 0 radical (unpaired) electrons. The van der Waals surface area contributed by atoms with Gasteiger partial charge in [0.15, 0.2) is 4.91 Å². The third-order valence-electron chi connectivity index (χ3n) is 2.23. The van der Waals surface area contributed by atoms with E-state index in [4.69, 9.17) is 15.2 Å². The van der Waals surface area contributed by atoms with Gasteiger partial charge in [-0.3, -0.25) is 4.99 Å². The Balaban J connectivity index is 3.04. The highest BCUT2D eigenvalue weighted by molar-refractivity contribution is 7.94. The lowest BCUT2D eigenvalue weighted by molar-refractivity contribution is 0.00299. The van der Waals surface area contributed by atoms with E-state index in [2.05, 4.69) is 10.3 Å². The van der Waals surface area contributed by atoms with Gasteiger partial charge in [-0.25, -0.2) is 17.9 Å². The van der Waals surface area contributed by atoms with Crippen molar-refractivity contribution in [2.75, 3.05) is 27.3 Å². The average molecular weight is 292 g/mol. The summed E-state index contributed by atoms with van der Waals surface area (Å²) in [5.74, 6) is -0.00681. The summed E-state index contributed by atoms with van der Waals surface area (Å²) in [4.78, 5) is 14.0. The van der Waals surface area contributed by atoms with Gasteiger partial charge in [-0.15, -0.1) is 0 Å². The summed E-state index contributed by atoms with van der Waals surface area (Å²) < 4.78 is 35.7. The van der Waals surface area contributed by atoms with Crippen molar-refractivity contribution in [3.63, 3.8) is 0 Å². The molecule has 108 valence electrons. The molecule has 1 saturated heterocycles. The lowest BCUT2D eigenvalue weighted by atomic mass is 10.3. The topological polar surface area (TPSA) is 132 Å². The first-order valence-corrected chi connectivity index (χ1v) is 6.77. The normalized spacial score (nSPS) is 22.5. The van der Waals surface area contributed by atoms with Crippen LogP contribution in [0.5, 0.6) is 0 Å². The summed E-state index contributed by atoms with van der Waals surface area (Å²) in [6.07, 6.45) is 0.871. The molecule has 1 atom stereocenters. The van der Waals surface area contributed by atoms with Crippen molar-refractivity contribution in [1.82, 2.24) is 10.0 Å². The van der Waals surface area contributed by atoms with Crippen molar-refractivity contribution in [2.24, 2.45) is 10.7 Å². The summed E-state index contributed by atoms with van der Waals surface area (Å²) in [5, 5.41) is 2.75. The molecule has 0 aromatic carbocycles. The second kappa shape index (κ2) is 6.38. The fourth-order valence-corrected chi connectivity index (χ4v) is 2.35. The van der Waals surface area contributed by atoms with Crippen LogP contribution < -0.4 is 15.8 Å². The number of carbonyl (C=O) groups is 1. The van der Waals surface area contributed by atoms with Crippen molar-refractivity contribution in [3.05, 3.63) is 10.8 Å². The number of carbonyl (C=O) groups excluding carboxylic acids is 1. The zero-order valence-electron chi connectivity index (χ0n) is 10.5. The fourth-order valence-electron chi connectivity index (χ4n) is 1.36. The molecule has 9 nitrogen and oxygen atoms in total. The summed E-state index contributed by atoms with van der Waals surface area (Å²) in [7, 11) is -1.22. The number of rotatable bonds is 4. The first-order valence-electron chi connectivity index (χ1n) is 5.29. The van der Waals surface area contributed by atoms with Gasteiger partial charge in [-0.05, 0) is 0 Å². The first kappa shape index (κ1) is 15.2. The molecule has 4 N–H and O–H groups in total. The van der Waals surface area contributed by atoms with Gasteiger partial charge in [-0.2, -0.15) is 0 Å². The molecule has 2 amide bonds. The van der Waals surface area contributed by atoms with Gasteiger partial charge in [0.25, 0.3) is 10.0 Å². The summed E-state index contributed by atoms with van der Waals surface area (Å²) >= 11 is 0. The predicted octanol–water partition coefficient (Wildman–Crippen LogP) is -1.51. The Morgan fingerprint density at radius 1 is 1.68 bits per heavy atom. The number of allylic oxidation sites excluding steroid dienone is 1. The van der Waals surface area contributed by atoms with Crippen LogP contribution in [-0.4, -0.2) is 54.1 Å². The molecule has 0 saturated carbocycles. The molecule has 0 aromatic rings. The smallest absolute Gasteiger partial charge is 0.326 e. The average Bonchev–Trinajstić information content (AvgIpc) is 2.34. The number of nitrogens with zero attached hydrogens (tertiary/aromatic N) is 1. The minimum absolute atomic E-state index is 0.00681. The number of ether oxygens (including phenoxy) is 2. The van der Waals surface area contributed by atoms with Crippen LogP contribution in [0.2, 0.25) is 0 Å². The van der Waals surface area contributed by atoms with Crippen LogP contribution in [-0.2, 0) is 19.5 Å². The molecule has 1 unspecified atom stereocenters. The molecular formula is C9H16N4O5S. The van der Waals surface area contributed by atoms with E-state index < -0.39 is 16.1 Å². The maximum Gasteiger partial charge on any atom is 0.326 e. The van der Waals surface area contributed by atoms with Crippen LogP contribution in [0.25, 0.3) is 0 Å². The number of aliphatic imine (C=N–C) groups is 1. The minimum atomic E-state index is -4.13. The molecule has 1 rings (SSSR count). The maximum absolute atomic E-state index is 11.9. The molecule has 10 heteroatoms. The highest BCUT2D eigenvalue weighted by Gasteiger charge is 2.27. The van der Waals surface area contributed by atoms with Crippen molar-refractivity contribution < 1.29 is 22.7 Å². The second-order valence-corrected chi connectivity index (χ2v) is 5.25. The van der Waals surface area contributed by atoms with E-state index >= 15 is 0 Å². The molecule has 0 aromatic heterocycles. The quantitative estimate of drug-likeness (QED) is 0.540. The van der Waals surface area contributed by atoms with Gasteiger partial charge in [-0.1, -0.05) is 0 Å². The van der Waals surface area contributed by atoms with Crippen molar-refractivity contribution in [1.29, 1.82) is 0 Å². The van der Waals surface area contributed by atoms with Crippen LogP contribution in [0.4, 0.5) is 4.79 Å². The standard InChI is InChI=1S/C9H16N4O5S/c1-11-4-7(19(15,16)13-9(10)14)8-12-3-6(17-2)5-18-8/h4,6,12H,3,5H2,1-2H3,(H3,10,13,14)/b8-7-,11-4-.